The summed E-state index contributed by atoms with van der Waals surface area (Å²) < 4.78 is 0. The highest BCUT2D eigenvalue weighted by atomic mass is 16.4. The van der Waals surface area contributed by atoms with Crippen LogP contribution in [-0.4, -0.2) is 5.97 Å². The van der Waals surface area contributed by atoms with Crippen LogP contribution in [0.3, 0.4) is 0 Å². The van der Waals surface area contributed by atoms with E-state index in [0.29, 0.717) is 6.42 Å². The molecule has 2 nitrogen and oxygen atoms in total. The maximum Gasteiger partial charge on any atom is 0.0492 e. The van der Waals surface area contributed by atoms with Crippen LogP contribution in [0, 0.1) is 20.8 Å². The fourth-order valence-electron chi connectivity index (χ4n) is 2.66. The van der Waals surface area contributed by atoms with Crippen molar-refractivity contribution in [3.8, 4) is 0 Å². The second kappa shape index (κ2) is 5.91. The van der Waals surface area contributed by atoms with Gasteiger partial charge in [-0.15, -0.1) is 0 Å². The average Bonchev–Trinajstić information content (AvgIpc) is 2.43. The van der Waals surface area contributed by atoms with E-state index in [1.54, 1.807) is 0 Å². The van der Waals surface area contributed by atoms with Crippen molar-refractivity contribution in [2.75, 3.05) is 0 Å². The normalized spacial score (nSPS) is 12.2. The van der Waals surface area contributed by atoms with E-state index >= 15 is 0 Å². The van der Waals surface area contributed by atoms with E-state index in [4.69, 9.17) is 0 Å². The van der Waals surface area contributed by atoms with E-state index in [0.717, 1.165) is 27.8 Å². The molecule has 2 aromatic carbocycles. The zero-order valence-electron chi connectivity index (χ0n) is 12.1. The molecule has 0 N–H and O–H groups in total. The SMILES string of the molecule is Cc1ccc(C)c(C(Cc2ccccc2)C(=O)[O-])c1C. The van der Waals surface area contributed by atoms with Crippen LogP contribution >= 0.6 is 0 Å². The number of aryl methyl sites for hydroxylation is 2. The molecule has 0 radical (unpaired) electrons. The van der Waals surface area contributed by atoms with Gasteiger partial charge in [0.05, 0.1) is 0 Å². The summed E-state index contributed by atoms with van der Waals surface area (Å²) in [5.41, 5.74) is 5.09. The van der Waals surface area contributed by atoms with Crippen LogP contribution in [-0.2, 0) is 11.2 Å². The molecule has 0 heterocycles. The highest BCUT2D eigenvalue weighted by Gasteiger charge is 2.19. The summed E-state index contributed by atoms with van der Waals surface area (Å²) in [5.74, 6) is -1.61. The van der Waals surface area contributed by atoms with Crippen molar-refractivity contribution < 1.29 is 9.90 Å². The number of aliphatic carboxylic acids is 1. The molecule has 0 aliphatic carbocycles. The predicted octanol–water partition coefficient (Wildman–Crippen LogP) is 2.69. The third-order valence-electron chi connectivity index (χ3n) is 3.92. The Morgan fingerprint density at radius 3 is 2.20 bits per heavy atom. The zero-order valence-corrected chi connectivity index (χ0v) is 12.1. The average molecular weight is 267 g/mol. The van der Waals surface area contributed by atoms with Crippen LogP contribution in [0.4, 0.5) is 0 Å². The Bertz CT molecular complexity index is 615. The molecule has 0 saturated carbocycles. The molecule has 0 saturated heterocycles. The Labute approximate surface area is 120 Å². The van der Waals surface area contributed by atoms with Crippen LogP contribution in [0.2, 0.25) is 0 Å². The fraction of sp³-hybridized carbons (Fsp3) is 0.278. The van der Waals surface area contributed by atoms with Gasteiger partial charge in [-0.05, 0) is 55.0 Å². The van der Waals surface area contributed by atoms with E-state index < -0.39 is 11.9 Å². The predicted molar refractivity (Wildman–Crippen MR) is 78.5 cm³/mol. The monoisotopic (exact) mass is 267 g/mol. The molecule has 1 unspecified atom stereocenters. The van der Waals surface area contributed by atoms with E-state index in [1.165, 1.54) is 0 Å². The topological polar surface area (TPSA) is 40.1 Å². The van der Waals surface area contributed by atoms with E-state index in [-0.39, 0.29) is 0 Å². The first-order valence-electron chi connectivity index (χ1n) is 6.82. The molecule has 0 aliphatic heterocycles. The van der Waals surface area contributed by atoms with Crippen molar-refractivity contribution in [1.82, 2.24) is 0 Å². The van der Waals surface area contributed by atoms with Crippen molar-refractivity contribution in [3.63, 3.8) is 0 Å². The highest BCUT2D eigenvalue weighted by molar-refractivity contribution is 5.76. The maximum absolute atomic E-state index is 11.6. The molecule has 0 amide bonds. The number of carboxylic acids is 1. The summed E-state index contributed by atoms with van der Waals surface area (Å²) >= 11 is 0. The number of carbonyl (C=O) groups is 1. The lowest BCUT2D eigenvalue weighted by atomic mass is 9.85. The first-order valence-corrected chi connectivity index (χ1v) is 6.82. The third kappa shape index (κ3) is 2.90. The van der Waals surface area contributed by atoms with Gasteiger partial charge in [-0.3, -0.25) is 0 Å². The lowest BCUT2D eigenvalue weighted by Crippen LogP contribution is -2.32. The van der Waals surface area contributed by atoms with Crippen LogP contribution < -0.4 is 5.11 Å². The van der Waals surface area contributed by atoms with Crippen molar-refractivity contribution in [2.24, 2.45) is 0 Å². The van der Waals surface area contributed by atoms with Gasteiger partial charge in [0, 0.05) is 11.9 Å². The second-order valence-electron chi connectivity index (χ2n) is 5.30. The van der Waals surface area contributed by atoms with Crippen LogP contribution in [0.5, 0.6) is 0 Å². The molecular formula is C18H19O2-. The molecule has 2 rings (SSSR count). The van der Waals surface area contributed by atoms with E-state index in [9.17, 15) is 9.90 Å². The quantitative estimate of drug-likeness (QED) is 0.854. The number of rotatable bonds is 4. The molecule has 0 bridgehead atoms. The van der Waals surface area contributed by atoms with Crippen molar-refractivity contribution >= 4 is 5.97 Å². The molecule has 0 fully saturated rings. The number of benzene rings is 2. The summed E-state index contributed by atoms with van der Waals surface area (Å²) in [6, 6.07) is 13.7. The molecule has 2 aromatic rings. The van der Waals surface area contributed by atoms with Crippen molar-refractivity contribution in [1.29, 1.82) is 0 Å². The van der Waals surface area contributed by atoms with Crippen LogP contribution in [0.25, 0.3) is 0 Å². The van der Waals surface area contributed by atoms with Crippen molar-refractivity contribution in [3.05, 3.63) is 70.3 Å². The lowest BCUT2D eigenvalue weighted by molar-refractivity contribution is -0.308. The molecule has 1 atom stereocenters. The minimum atomic E-state index is -1.01. The largest absolute Gasteiger partial charge is 0.549 e. The van der Waals surface area contributed by atoms with Gasteiger partial charge in [0.1, 0.15) is 0 Å². The summed E-state index contributed by atoms with van der Waals surface area (Å²) in [6.45, 7) is 5.95. The standard InChI is InChI=1S/C18H20O2/c1-12-9-10-13(2)17(14(12)3)16(18(19)20)11-15-7-5-4-6-8-15/h4-10,16H,11H2,1-3H3,(H,19,20)/p-1. The Morgan fingerprint density at radius 2 is 1.60 bits per heavy atom. The van der Waals surface area contributed by atoms with Gasteiger partial charge in [-0.1, -0.05) is 42.5 Å². The molecule has 2 heteroatoms. The van der Waals surface area contributed by atoms with E-state index in [2.05, 4.69) is 0 Å². The van der Waals surface area contributed by atoms with Gasteiger partial charge in [0.15, 0.2) is 0 Å². The number of carbonyl (C=O) groups excluding carboxylic acids is 1. The lowest BCUT2D eigenvalue weighted by Gasteiger charge is -2.24. The first kappa shape index (κ1) is 14.3. The minimum absolute atomic E-state index is 0.467. The van der Waals surface area contributed by atoms with Gasteiger partial charge in [0.25, 0.3) is 0 Å². The number of carboxylic acid groups (broad SMARTS) is 1. The number of hydrogen-bond donors (Lipinski definition) is 0. The highest BCUT2D eigenvalue weighted by Crippen LogP contribution is 2.28. The Hall–Kier alpha value is -2.09. The van der Waals surface area contributed by atoms with Crippen LogP contribution in [0.1, 0.15) is 33.7 Å². The van der Waals surface area contributed by atoms with Gasteiger partial charge in [-0.2, -0.15) is 0 Å². The summed E-state index contributed by atoms with van der Waals surface area (Å²) in [4.78, 5) is 11.6. The molecule has 104 valence electrons. The minimum Gasteiger partial charge on any atom is -0.549 e. The summed E-state index contributed by atoms with van der Waals surface area (Å²) in [5, 5.41) is 11.6. The maximum atomic E-state index is 11.6. The zero-order chi connectivity index (χ0) is 14.7. The molecule has 0 aromatic heterocycles. The van der Waals surface area contributed by atoms with Crippen LogP contribution in [0.15, 0.2) is 42.5 Å². The van der Waals surface area contributed by atoms with Gasteiger partial charge < -0.3 is 9.90 Å². The van der Waals surface area contributed by atoms with E-state index in [1.807, 2.05) is 63.2 Å². The van der Waals surface area contributed by atoms with Gasteiger partial charge >= 0.3 is 0 Å². The smallest absolute Gasteiger partial charge is 0.0492 e. The Balaban J connectivity index is 2.45. The third-order valence-corrected chi connectivity index (χ3v) is 3.92. The fourth-order valence-corrected chi connectivity index (χ4v) is 2.66. The second-order valence-corrected chi connectivity index (χ2v) is 5.30. The number of hydrogen-bond acceptors (Lipinski definition) is 2. The molecule has 20 heavy (non-hydrogen) atoms. The first-order chi connectivity index (χ1) is 9.50. The summed E-state index contributed by atoms with van der Waals surface area (Å²) in [7, 11) is 0. The molecular weight excluding hydrogens is 248 g/mol. The van der Waals surface area contributed by atoms with Gasteiger partial charge in [0.2, 0.25) is 0 Å². The van der Waals surface area contributed by atoms with Gasteiger partial charge in [-0.25, -0.2) is 0 Å². The summed E-state index contributed by atoms with van der Waals surface area (Å²) in [6.07, 6.45) is 0.467. The Kier molecular flexibility index (Phi) is 4.23. The van der Waals surface area contributed by atoms with Crippen molar-refractivity contribution in [2.45, 2.75) is 33.1 Å². The molecule has 0 aliphatic rings. The Morgan fingerprint density at radius 1 is 1.00 bits per heavy atom. The molecule has 0 spiro atoms.